The van der Waals surface area contributed by atoms with Crippen molar-refractivity contribution < 1.29 is 9.47 Å². The zero-order chi connectivity index (χ0) is 15.3. The van der Waals surface area contributed by atoms with Crippen LogP contribution in [-0.2, 0) is 22.6 Å². The molecular weight excluding hydrogens is 262 g/mol. The number of rotatable bonds is 8. The van der Waals surface area contributed by atoms with Crippen molar-refractivity contribution in [3.05, 3.63) is 35.4 Å². The predicted octanol–water partition coefficient (Wildman–Crippen LogP) is 3.52. The SMILES string of the molecule is CCOCc1ccccc1CNC1CC(OCC)C1(C)C. The van der Waals surface area contributed by atoms with E-state index >= 15 is 0 Å². The third-order valence-electron chi connectivity index (χ3n) is 4.66. The van der Waals surface area contributed by atoms with E-state index < -0.39 is 0 Å². The quantitative estimate of drug-likeness (QED) is 0.795. The summed E-state index contributed by atoms with van der Waals surface area (Å²) < 4.78 is 11.3. The molecule has 0 radical (unpaired) electrons. The van der Waals surface area contributed by atoms with E-state index in [4.69, 9.17) is 9.47 Å². The molecule has 0 aromatic heterocycles. The van der Waals surface area contributed by atoms with E-state index in [9.17, 15) is 0 Å². The van der Waals surface area contributed by atoms with E-state index in [0.29, 0.717) is 18.8 Å². The van der Waals surface area contributed by atoms with Crippen molar-refractivity contribution in [3.8, 4) is 0 Å². The second kappa shape index (κ2) is 7.39. The Kier molecular flexibility index (Phi) is 5.80. The van der Waals surface area contributed by atoms with Crippen LogP contribution in [0.1, 0.15) is 45.2 Å². The lowest BCUT2D eigenvalue weighted by Crippen LogP contribution is -2.60. The average Bonchev–Trinajstić information content (AvgIpc) is 2.49. The molecule has 0 aliphatic heterocycles. The smallest absolute Gasteiger partial charge is 0.0719 e. The van der Waals surface area contributed by atoms with Gasteiger partial charge in [-0.2, -0.15) is 0 Å². The summed E-state index contributed by atoms with van der Waals surface area (Å²) in [5.74, 6) is 0. The van der Waals surface area contributed by atoms with Crippen molar-refractivity contribution in [1.82, 2.24) is 5.32 Å². The largest absolute Gasteiger partial charge is 0.378 e. The molecule has 1 aliphatic carbocycles. The summed E-state index contributed by atoms with van der Waals surface area (Å²) in [6.07, 6.45) is 1.49. The molecule has 0 bridgehead atoms. The van der Waals surface area contributed by atoms with Gasteiger partial charge in [-0.25, -0.2) is 0 Å². The molecule has 3 nitrogen and oxygen atoms in total. The van der Waals surface area contributed by atoms with Crippen LogP contribution in [-0.4, -0.2) is 25.4 Å². The van der Waals surface area contributed by atoms with E-state index in [1.807, 2.05) is 6.92 Å². The second-order valence-electron chi connectivity index (χ2n) is 6.34. The Balaban J connectivity index is 1.89. The second-order valence-corrected chi connectivity index (χ2v) is 6.34. The van der Waals surface area contributed by atoms with E-state index in [-0.39, 0.29) is 5.41 Å². The maximum atomic E-state index is 5.79. The molecule has 1 aliphatic rings. The predicted molar refractivity (Wildman–Crippen MR) is 86.2 cm³/mol. The molecule has 0 heterocycles. The van der Waals surface area contributed by atoms with Gasteiger partial charge in [0.05, 0.1) is 12.7 Å². The van der Waals surface area contributed by atoms with Gasteiger partial charge in [-0.3, -0.25) is 0 Å². The highest BCUT2D eigenvalue weighted by Gasteiger charge is 2.48. The van der Waals surface area contributed by atoms with Gasteiger partial charge < -0.3 is 14.8 Å². The first kappa shape index (κ1) is 16.5. The molecule has 21 heavy (non-hydrogen) atoms. The van der Waals surface area contributed by atoms with E-state index in [1.54, 1.807) is 0 Å². The molecule has 2 unspecified atom stereocenters. The molecule has 1 aromatic carbocycles. The van der Waals surface area contributed by atoms with Gasteiger partial charge in [0.1, 0.15) is 0 Å². The van der Waals surface area contributed by atoms with Crippen LogP contribution in [0, 0.1) is 5.41 Å². The molecule has 0 spiro atoms. The fraction of sp³-hybridized carbons (Fsp3) is 0.667. The van der Waals surface area contributed by atoms with Crippen molar-refractivity contribution in [2.75, 3.05) is 13.2 Å². The van der Waals surface area contributed by atoms with E-state index in [1.165, 1.54) is 11.1 Å². The fourth-order valence-electron chi connectivity index (χ4n) is 3.03. The molecule has 1 fully saturated rings. The monoisotopic (exact) mass is 291 g/mol. The minimum atomic E-state index is 0.213. The standard InChI is InChI=1S/C18H29NO2/c1-5-20-13-15-10-8-7-9-14(15)12-19-16-11-17(21-6-2)18(16,3)4/h7-10,16-17,19H,5-6,11-13H2,1-4H3. The Morgan fingerprint density at radius 1 is 1.14 bits per heavy atom. The van der Waals surface area contributed by atoms with Crippen LogP contribution < -0.4 is 5.32 Å². The van der Waals surface area contributed by atoms with Crippen LogP contribution in [0.25, 0.3) is 0 Å². The highest BCUT2D eigenvalue weighted by atomic mass is 16.5. The van der Waals surface area contributed by atoms with E-state index in [0.717, 1.165) is 26.2 Å². The number of ether oxygens (including phenoxy) is 2. The Morgan fingerprint density at radius 2 is 1.86 bits per heavy atom. The van der Waals surface area contributed by atoms with Gasteiger partial charge in [0.25, 0.3) is 0 Å². The lowest BCUT2D eigenvalue weighted by molar-refractivity contribution is -0.114. The van der Waals surface area contributed by atoms with Crippen LogP contribution >= 0.6 is 0 Å². The Hall–Kier alpha value is -0.900. The van der Waals surface area contributed by atoms with Crippen molar-refractivity contribution in [1.29, 1.82) is 0 Å². The fourth-order valence-corrected chi connectivity index (χ4v) is 3.03. The number of hydrogen-bond donors (Lipinski definition) is 1. The molecule has 2 atom stereocenters. The normalized spacial score (nSPS) is 23.8. The molecule has 1 aromatic rings. The Bertz CT molecular complexity index is 445. The van der Waals surface area contributed by atoms with Gasteiger partial charge in [0.2, 0.25) is 0 Å². The van der Waals surface area contributed by atoms with E-state index in [2.05, 4.69) is 50.4 Å². The Labute approximate surface area is 129 Å². The lowest BCUT2D eigenvalue weighted by Gasteiger charge is -2.52. The highest BCUT2D eigenvalue weighted by molar-refractivity contribution is 5.26. The van der Waals surface area contributed by atoms with Crippen molar-refractivity contribution in [2.24, 2.45) is 5.41 Å². The van der Waals surface area contributed by atoms with Crippen LogP contribution in [0.3, 0.4) is 0 Å². The maximum absolute atomic E-state index is 5.79. The minimum absolute atomic E-state index is 0.213. The first-order valence-corrected chi connectivity index (χ1v) is 8.09. The van der Waals surface area contributed by atoms with Crippen LogP contribution in [0.15, 0.2) is 24.3 Å². The van der Waals surface area contributed by atoms with Crippen LogP contribution in [0.4, 0.5) is 0 Å². The molecule has 0 amide bonds. The van der Waals surface area contributed by atoms with Crippen molar-refractivity contribution in [3.63, 3.8) is 0 Å². The summed E-state index contributed by atoms with van der Waals surface area (Å²) in [4.78, 5) is 0. The summed E-state index contributed by atoms with van der Waals surface area (Å²) in [5.41, 5.74) is 2.83. The third-order valence-corrected chi connectivity index (χ3v) is 4.66. The zero-order valence-corrected chi connectivity index (χ0v) is 13.8. The molecular formula is C18H29NO2. The average molecular weight is 291 g/mol. The van der Waals surface area contributed by atoms with Gasteiger partial charge >= 0.3 is 0 Å². The first-order valence-electron chi connectivity index (χ1n) is 8.09. The highest BCUT2D eigenvalue weighted by Crippen LogP contribution is 2.42. The first-order chi connectivity index (χ1) is 10.1. The van der Waals surface area contributed by atoms with Gasteiger partial charge in [-0.1, -0.05) is 38.1 Å². The van der Waals surface area contributed by atoms with Crippen LogP contribution in [0.2, 0.25) is 0 Å². The van der Waals surface area contributed by atoms with Gasteiger partial charge in [-0.05, 0) is 31.4 Å². The number of nitrogens with one attached hydrogen (secondary N) is 1. The van der Waals surface area contributed by atoms with Gasteiger partial charge in [0, 0.05) is 31.2 Å². The topological polar surface area (TPSA) is 30.5 Å². The summed E-state index contributed by atoms with van der Waals surface area (Å²) in [6, 6.07) is 9.04. The summed E-state index contributed by atoms with van der Waals surface area (Å²) in [7, 11) is 0. The number of hydrogen-bond acceptors (Lipinski definition) is 3. The lowest BCUT2D eigenvalue weighted by atomic mass is 9.64. The van der Waals surface area contributed by atoms with Crippen LogP contribution in [0.5, 0.6) is 0 Å². The zero-order valence-electron chi connectivity index (χ0n) is 13.8. The molecule has 3 heteroatoms. The summed E-state index contributed by atoms with van der Waals surface area (Å²) in [5, 5.41) is 3.70. The minimum Gasteiger partial charge on any atom is -0.378 e. The summed E-state index contributed by atoms with van der Waals surface area (Å²) >= 11 is 0. The molecule has 1 saturated carbocycles. The molecule has 118 valence electrons. The van der Waals surface area contributed by atoms with Gasteiger partial charge in [0.15, 0.2) is 0 Å². The third kappa shape index (κ3) is 3.85. The molecule has 0 saturated heterocycles. The molecule has 2 rings (SSSR count). The number of benzene rings is 1. The van der Waals surface area contributed by atoms with Crippen molar-refractivity contribution >= 4 is 0 Å². The summed E-state index contributed by atoms with van der Waals surface area (Å²) in [6.45, 7) is 11.8. The molecule has 1 N–H and O–H groups in total. The maximum Gasteiger partial charge on any atom is 0.0719 e. The van der Waals surface area contributed by atoms with Crippen molar-refractivity contribution in [2.45, 2.75) is 59.4 Å². The van der Waals surface area contributed by atoms with Gasteiger partial charge in [-0.15, -0.1) is 0 Å². The Morgan fingerprint density at radius 3 is 2.48 bits per heavy atom.